The summed E-state index contributed by atoms with van der Waals surface area (Å²) in [7, 11) is 0. The number of hydrogen-bond acceptors (Lipinski definition) is 5. The van der Waals surface area contributed by atoms with Gasteiger partial charge in [0.1, 0.15) is 0 Å². The molecule has 1 aromatic heterocycles. The topological polar surface area (TPSA) is 54.0 Å². The van der Waals surface area contributed by atoms with Crippen molar-refractivity contribution < 1.29 is 4.79 Å². The Hall–Kier alpha value is -2.83. The highest BCUT2D eigenvalue weighted by molar-refractivity contribution is 7.99. The maximum Gasteiger partial charge on any atom is 0.251 e. The van der Waals surface area contributed by atoms with Crippen LogP contribution in [0, 0.1) is 0 Å². The molecular weight excluding hydrogens is 446 g/mol. The lowest BCUT2D eigenvalue weighted by Crippen LogP contribution is -2.24. The third-order valence-corrected chi connectivity index (χ3v) is 8.00. The molecule has 0 fully saturated rings. The molecule has 3 aromatic carbocycles. The maximum absolute atomic E-state index is 12.4. The minimum atomic E-state index is 0.00149. The minimum Gasteiger partial charge on any atom is -0.361 e. The number of thiazole rings is 1. The van der Waals surface area contributed by atoms with Crippen molar-refractivity contribution in [2.24, 2.45) is 0 Å². The molecule has 2 heterocycles. The molecule has 0 saturated heterocycles. The van der Waals surface area contributed by atoms with Crippen LogP contribution in [0.25, 0.3) is 22.0 Å². The van der Waals surface area contributed by atoms with Gasteiger partial charge < -0.3 is 10.6 Å². The van der Waals surface area contributed by atoms with Crippen LogP contribution >= 0.6 is 23.1 Å². The van der Waals surface area contributed by atoms with E-state index in [1.165, 1.54) is 15.3 Å². The van der Waals surface area contributed by atoms with E-state index >= 15 is 0 Å². The van der Waals surface area contributed by atoms with E-state index in [0.29, 0.717) is 6.54 Å². The number of nitrogens with one attached hydrogen (secondary N) is 2. The van der Waals surface area contributed by atoms with E-state index in [1.807, 2.05) is 48.2 Å². The van der Waals surface area contributed by atoms with Crippen LogP contribution in [0.1, 0.15) is 34.5 Å². The number of thioether (sulfide) groups is 1. The molecule has 1 amide bonds. The highest BCUT2D eigenvalue weighted by atomic mass is 32.2. The second-order valence-corrected chi connectivity index (χ2v) is 10.4. The Morgan fingerprint density at radius 3 is 2.67 bits per heavy atom. The summed E-state index contributed by atoms with van der Waals surface area (Å²) in [5.74, 6) is 1.11. The molecule has 0 atom stereocenters. The van der Waals surface area contributed by atoms with E-state index in [2.05, 4.69) is 41.0 Å². The molecule has 0 radical (unpaired) electrons. The first-order chi connectivity index (χ1) is 16.3. The van der Waals surface area contributed by atoms with Gasteiger partial charge in [-0.1, -0.05) is 48.5 Å². The molecule has 0 spiro atoms. The monoisotopic (exact) mass is 473 g/mol. The average molecular weight is 474 g/mol. The van der Waals surface area contributed by atoms with Crippen molar-refractivity contribution in [2.75, 3.05) is 24.2 Å². The first-order valence-corrected chi connectivity index (χ1v) is 13.3. The van der Waals surface area contributed by atoms with E-state index in [1.54, 1.807) is 11.3 Å². The zero-order chi connectivity index (χ0) is 22.5. The van der Waals surface area contributed by atoms with Crippen LogP contribution < -0.4 is 10.6 Å². The third-order valence-electron chi connectivity index (χ3n) is 5.85. The van der Waals surface area contributed by atoms with Crippen LogP contribution in [-0.2, 0) is 6.42 Å². The molecule has 0 saturated carbocycles. The van der Waals surface area contributed by atoms with Crippen molar-refractivity contribution in [1.29, 1.82) is 0 Å². The molecule has 1 aliphatic heterocycles. The van der Waals surface area contributed by atoms with Gasteiger partial charge >= 0.3 is 0 Å². The van der Waals surface area contributed by atoms with Crippen molar-refractivity contribution in [2.45, 2.75) is 30.6 Å². The molecule has 0 aliphatic carbocycles. The fraction of sp³-hybridized carbons (Fsp3) is 0.259. The van der Waals surface area contributed by atoms with Crippen molar-refractivity contribution in [3.63, 3.8) is 0 Å². The summed E-state index contributed by atoms with van der Waals surface area (Å²) in [6.45, 7) is 1.60. The quantitative estimate of drug-likeness (QED) is 0.282. The number of amides is 1. The fourth-order valence-corrected chi connectivity index (χ4v) is 6.26. The van der Waals surface area contributed by atoms with Gasteiger partial charge in [0, 0.05) is 39.7 Å². The van der Waals surface area contributed by atoms with Crippen LogP contribution in [0.2, 0.25) is 0 Å². The van der Waals surface area contributed by atoms with Crippen LogP contribution in [0.4, 0.5) is 5.13 Å². The fourth-order valence-electron chi connectivity index (χ4n) is 4.11. The number of aryl methyl sites for hydroxylation is 1. The summed E-state index contributed by atoms with van der Waals surface area (Å²) in [4.78, 5) is 20.1. The van der Waals surface area contributed by atoms with E-state index in [4.69, 9.17) is 4.98 Å². The van der Waals surface area contributed by atoms with Gasteiger partial charge in [-0.15, -0.1) is 23.1 Å². The first-order valence-electron chi connectivity index (χ1n) is 11.5. The van der Waals surface area contributed by atoms with Crippen molar-refractivity contribution >= 4 is 44.9 Å². The summed E-state index contributed by atoms with van der Waals surface area (Å²) in [6, 6.07) is 22.6. The molecular formula is C27H27N3OS2. The molecule has 5 rings (SSSR count). The highest BCUT2D eigenvalue weighted by Crippen LogP contribution is 2.40. The summed E-state index contributed by atoms with van der Waals surface area (Å²) >= 11 is 3.71. The lowest BCUT2D eigenvalue weighted by molar-refractivity contribution is 0.0953. The van der Waals surface area contributed by atoms with Crippen LogP contribution in [0.5, 0.6) is 0 Å². The summed E-state index contributed by atoms with van der Waals surface area (Å²) < 4.78 is 0. The second-order valence-electron chi connectivity index (χ2n) is 8.19. The molecule has 4 nitrogen and oxygen atoms in total. The zero-order valence-electron chi connectivity index (χ0n) is 18.5. The van der Waals surface area contributed by atoms with E-state index in [9.17, 15) is 4.79 Å². The van der Waals surface area contributed by atoms with Gasteiger partial charge in [0.25, 0.3) is 5.91 Å². The zero-order valence-corrected chi connectivity index (χ0v) is 20.1. The third kappa shape index (κ3) is 5.23. The van der Waals surface area contributed by atoms with Crippen LogP contribution in [0.3, 0.4) is 0 Å². The highest BCUT2D eigenvalue weighted by Gasteiger charge is 2.19. The first kappa shape index (κ1) is 22.0. The minimum absolute atomic E-state index is 0.00149. The molecule has 0 bridgehead atoms. The number of fused-ring (bicyclic) bond motifs is 4. The largest absolute Gasteiger partial charge is 0.361 e. The normalized spacial score (nSPS) is 12.6. The summed E-state index contributed by atoms with van der Waals surface area (Å²) in [5.41, 5.74) is 3.14. The molecule has 33 heavy (non-hydrogen) atoms. The lowest BCUT2D eigenvalue weighted by atomic mass is 10.1. The number of anilines is 1. The number of unbranched alkanes of at least 4 members (excludes halogenated alkanes) is 2. The Balaban J connectivity index is 1.05. The number of carbonyl (C=O) groups is 1. The van der Waals surface area contributed by atoms with Gasteiger partial charge in [-0.05, 0) is 54.7 Å². The maximum atomic E-state index is 12.4. The SMILES string of the molecule is O=C(NCCCCCNc1nc2c(s1)CCSc1ccccc1-2)c1ccc2ccccc2c1. The van der Waals surface area contributed by atoms with Crippen molar-refractivity contribution in [3.8, 4) is 11.3 Å². The van der Waals surface area contributed by atoms with E-state index in [-0.39, 0.29) is 5.91 Å². The van der Waals surface area contributed by atoms with Crippen molar-refractivity contribution in [1.82, 2.24) is 10.3 Å². The molecule has 6 heteroatoms. The number of aromatic nitrogens is 1. The van der Waals surface area contributed by atoms with Crippen molar-refractivity contribution in [3.05, 3.63) is 77.2 Å². The van der Waals surface area contributed by atoms with Gasteiger partial charge in [-0.3, -0.25) is 4.79 Å². The van der Waals surface area contributed by atoms with Gasteiger partial charge in [-0.25, -0.2) is 4.98 Å². The standard InChI is InChI=1S/C27H27N3OS2/c31-26(21-13-12-19-8-2-3-9-20(19)18-21)28-15-6-1-7-16-29-27-30-25-22-10-4-5-11-23(22)32-17-14-24(25)33-27/h2-5,8-13,18H,1,6-7,14-17H2,(H,28,31)(H,29,30). The van der Waals surface area contributed by atoms with Crippen LogP contribution in [0.15, 0.2) is 71.6 Å². The number of benzene rings is 3. The second kappa shape index (κ2) is 10.4. The summed E-state index contributed by atoms with van der Waals surface area (Å²) in [5, 5.41) is 9.83. The Morgan fingerprint density at radius 1 is 0.909 bits per heavy atom. The molecule has 1 aliphatic rings. The number of carbonyl (C=O) groups excluding carboxylic acids is 1. The molecule has 0 unspecified atom stereocenters. The Morgan fingerprint density at radius 2 is 1.73 bits per heavy atom. The van der Waals surface area contributed by atoms with Gasteiger partial charge in [0.2, 0.25) is 0 Å². The number of nitrogens with zero attached hydrogens (tertiary/aromatic N) is 1. The molecule has 2 N–H and O–H groups in total. The van der Waals surface area contributed by atoms with Gasteiger partial charge in [-0.2, -0.15) is 0 Å². The Labute approximate surface area is 202 Å². The number of hydrogen-bond donors (Lipinski definition) is 2. The van der Waals surface area contributed by atoms with Crippen LogP contribution in [-0.4, -0.2) is 29.7 Å². The molecule has 4 aromatic rings. The van der Waals surface area contributed by atoms with E-state index in [0.717, 1.165) is 65.1 Å². The van der Waals surface area contributed by atoms with Gasteiger partial charge in [0.05, 0.1) is 5.69 Å². The summed E-state index contributed by atoms with van der Waals surface area (Å²) in [6.07, 6.45) is 4.17. The average Bonchev–Trinajstić information content (AvgIpc) is 3.17. The predicted molar refractivity (Wildman–Crippen MR) is 141 cm³/mol. The van der Waals surface area contributed by atoms with E-state index < -0.39 is 0 Å². The lowest BCUT2D eigenvalue weighted by Gasteiger charge is -2.07. The Kier molecular flexibility index (Phi) is 6.93. The van der Waals surface area contributed by atoms with Gasteiger partial charge in [0.15, 0.2) is 5.13 Å². The predicted octanol–water partition coefficient (Wildman–Crippen LogP) is 6.62. The number of rotatable bonds is 8. The molecule has 168 valence electrons. The Bertz CT molecular complexity index is 1270. The smallest absolute Gasteiger partial charge is 0.251 e.